The first kappa shape index (κ1) is 17.1. The summed E-state index contributed by atoms with van der Waals surface area (Å²) in [6.07, 6.45) is 1.45. The molecule has 1 atom stereocenters. The van der Waals surface area contributed by atoms with Crippen molar-refractivity contribution >= 4 is 0 Å². The minimum atomic E-state index is -0.621. The zero-order valence-corrected chi connectivity index (χ0v) is 13.7. The Hall–Kier alpha value is -2.26. The molecular formula is C20H24O3. The molecule has 3 heteroatoms. The standard InChI is InChI=1S/C20H24O3/c1-14(2)19(22)13-18-16(11-17(21)12-20(18)23-3)10-9-15-7-5-4-6-8-15/h4-8,11-12,19,21-22H,1,9-10,13H2,2-3H3. The minimum absolute atomic E-state index is 0.179. The van der Waals surface area contributed by atoms with Gasteiger partial charge in [0, 0.05) is 18.1 Å². The van der Waals surface area contributed by atoms with Crippen LogP contribution in [0.4, 0.5) is 0 Å². The number of aryl methyl sites for hydroxylation is 2. The van der Waals surface area contributed by atoms with Gasteiger partial charge in [0.1, 0.15) is 11.5 Å². The van der Waals surface area contributed by atoms with Crippen LogP contribution in [0.1, 0.15) is 23.6 Å². The average molecular weight is 312 g/mol. The molecule has 3 nitrogen and oxygen atoms in total. The van der Waals surface area contributed by atoms with Crippen molar-refractivity contribution < 1.29 is 14.9 Å². The third-order valence-corrected chi connectivity index (χ3v) is 4.00. The molecule has 0 saturated carbocycles. The Morgan fingerprint density at radius 1 is 1.17 bits per heavy atom. The number of aromatic hydroxyl groups is 1. The van der Waals surface area contributed by atoms with E-state index in [-0.39, 0.29) is 5.75 Å². The van der Waals surface area contributed by atoms with Gasteiger partial charge < -0.3 is 14.9 Å². The van der Waals surface area contributed by atoms with Crippen molar-refractivity contribution in [3.8, 4) is 11.5 Å². The van der Waals surface area contributed by atoms with Crippen LogP contribution in [0.3, 0.4) is 0 Å². The summed E-state index contributed by atoms with van der Waals surface area (Å²) >= 11 is 0. The number of phenols is 1. The van der Waals surface area contributed by atoms with Crippen LogP contribution in [-0.4, -0.2) is 23.4 Å². The van der Waals surface area contributed by atoms with Crippen LogP contribution >= 0.6 is 0 Å². The predicted molar refractivity (Wildman–Crippen MR) is 93.0 cm³/mol. The maximum Gasteiger partial charge on any atom is 0.126 e. The third-order valence-electron chi connectivity index (χ3n) is 4.00. The van der Waals surface area contributed by atoms with Gasteiger partial charge in [0.2, 0.25) is 0 Å². The summed E-state index contributed by atoms with van der Waals surface area (Å²) in [4.78, 5) is 0. The maximum absolute atomic E-state index is 10.2. The molecule has 0 radical (unpaired) electrons. The van der Waals surface area contributed by atoms with Crippen molar-refractivity contribution in [2.24, 2.45) is 0 Å². The normalized spacial score (nSPS) is 12.0. The summed E-state index contributed by atoms with van der Waals surface area (Å²) in [5.74, 6) is 0.784. The molecule has 2 rings (SSSR count). The van der Waals surface area contributed by atoms with Gasteiger partial charge in [0.25, 0.3) is 0 Å². The lowest BCUT2D eigenvalue weighted by molar-refractivity contribution is 0.210. The molecule has 2 aromatic rings. The predicted octanol–water partition coefficient (Wildman–Crippen LogP) is 3.67. The highest BCUT2D eigenvalue weighted by atomic mass is 16.5. The van der Waals surface area contributed by atoms with Gasteiger partial charge in [-0.3, -0.25) is 0 Å². The number of aliphatic hydroxyl groups is 1. The first-order valence-electron chi connectivity index (χ1n) is 7.77. The summed E-state index contributed by atoms with van der Waals surface area (Å²) in [6.45, 7) is 5.61. The van der Waals surface area contributed by atoms with Crippen molar-refractivity contribution in [3.63, 3.8) is 0 Å². The van der Waals surface area contributed by atoms with Gasteiger partial charge in [-0.1, -0.05) is 42.5 Å². The zero-order valence-electron chi connectivity index (χ0n) is 13.7. The molecule has 0 aliphatic rings. The minimum Gasteiger partial charge on any atom is -0.508 e. The van der Waals surface area contributed by atoms with Gasteiger partial charge in [0.05, 0.1) is 13.2 Å². The van der Waals surface area contributed by atoms with Gasteiger partial charge in [-0.05, 0) is 37.0 Å². The van der Waals surface area contributed by atoms with Crippen LogP contribution in [0, 0.1) is 0 Å². The Morgan fingerprint density at radius 3 is 2.48 bits per heavy atom. The van der Waals surface area contributed by atoms with Crippen molar-refractivity contribution in [2.45, 2.75) is 32.3 Å². The fraction of sp³-hybridized carbons (Fsp3) is 0.300. The van der Waals surface area contributed by atoms with Gasteiger partial charge in [-0.25, -0.2) is 0 Å². The highest BCUT2D eigenvalue weighted by molar-refractivity contribution is 5.47. The van der Waals surface area contributed by atoms with Crippen LogP contribution < -0.4 is 4.74 Å². The van der Waals surface area contributed by atoms with Crippen LogP contribution in [0.15, 0.2) is 54.6 Å². The summed E-state index contributed by atoms with van der Waals surface area (Å²) < 4.78 is 5.40. The van der Waals surface area contributed by atoms with E-state index < -0.39 is 6.10 Å². The molecule has 2 N–H and O–H groups in total. The van der Waals surface area contributed by atoms with E-state index in [1.54, 1.807) is 26.2 Å². The van der Waals surface area contributed by atoms with Crippen LogP contribution in [0.2, 0.25) is 0 Å². The molecule has 1 unspecified atom stereocenters. The SMILES string of the molecule is C=C(C)C(O)Cc1c(CCc2ccccc2)cc(O)cc1OC. The second-order valence-corrected chi connectivity index (χ2v) is 5.84. The largest absolute Gasteiger partial charge is 0.508 e. The first-order valence-corrected chi connectivity index (χ1v) is 7.77. The van der Waals surface area contributed by atoms with E-state index in [1.807, 2.05) is 18.2 Å². The number of hydrogen-bond acceptors (Lipinski definition) is 3. The molecular weight excluding hydrogens is 288 g/mol. The second-order valence-electron chi connectivity index (χ2n) is 5.84. The number of phenolic OH excluding ortho intramolecular Hbond substituents is 1. The van der Waals surface area contributed by atoms with E-state index in [1.165, 1.54) is 5.56 Å². The van der Waals surface area contributed by atoms with E-state index >= 15 is 0 Å². The van der Waals surface area contributed by atoms with E-state index in [2.05, 4.69) is 18.7 Å². The van der Waals surface area contributed by atoms with Crippen molar-refractivity contribution in [1.82, 2.24) is 0 Å². The molecule has 0 fully saturated rings. The van der Waals surface area contributed by atoms with E-state index in [0.29, 0.717) is 17.7 Å². The van der Waals surface area contributed by atoms with Gasteiger partial charge in [0.15, 0.2) is 0 Å². The second kappa shape index (κ2) is 7.84. The maximum atomic E-state index is 10.2. The molecule has 0 aromatic heterocycles. The quantitative estimate of drug-likeness (QED) is 0.767. The molecule has 0 aliphatic heterocycles. The lowest BCUT2D eigenvalue weighted by Crippen LogP contribution is -2.14. The Balaban J connectivity index is 2.28. The van der Waals surface area contributed by atoms with E-state index in [0.717, 1.165) is 24.0 Å². The Morgan fingerprint density at radius 2 is 1.87 bits per heavy atom. The van der Waals surface area contributed by atoms with Crippen molar-refractivity contribution in [1.29, 1.82) is 0 Å². The van der Waals surface area contributed by atoms with Gasteiger partial charge >= 0.3 is 0 Å². The summed E-state index contributed by atoms with van der Waals surface area (Å²) in [5.41, 5.74) is 3.87. The molecule has 0 heterocycles. The lowest BCUT2D eigenvalue weighted by atomic mass is 9.93. The third kappa shape index (κ3) is 4.60. The molecule has 2 aromatic carbocycles. The monoisotopic (exact) mass is 312 g/mol. The van der Waals surface area contributed by atoms with Crippen LogP contribution in [-0.2, 0) is 19.3 Å². The van der Waals surface area contributed by atoms with E-state index in [9.17, 15) is 10.2 Å². The lowest BCUT2D eigenvalue weighted by Gasteiger charge is -2.18. The number of methoxy groups -OCH3 is 1. The molecule has 0 saturated heterocycles. The van der Waals surface area contributed by atoms with Gasteiger partial charge in [-0.2, -0.15) is 0 Å². The number of rotatable bonds is 7. The number of aliphatic hydroxyl groups excluding tert-OH is 1. The number of ether oxygens (including phenoxy) is 1. The smallest absolute Gasteiger partial charge is 0.126 e. The molecule has 0 spiro atoms. The summed E-state index contributed by atoms with van der Waals surface area (Å²) in [7, 11) is 1.58. The van der Waals surface area contributed by atoms with E-state index in [4.69, 9.17) is 4.74 Å². The molecule has 0 aliphatic carbocycles. The van der Waals surface area contributed by atoms with Crippen molar-refractivity contribution in [3.05, 3.63) is 71.3 Å². The molecule has 0 bridgehead atoms. The topological polar surface area (TPSA) is 49.7 Å². The highest BCUT2D eigenvalue weighted by Gasteiger charge is 2.16. The number of hydrogen-bond donors (Lipinski definition) is 2. The Labute approximate surface area is 137 Å². The average Bonchev–Trinajstić information content (AvgIpc) is 2.55. The van der Waals surface area contributed by atoms with Crippen LogP contribution in [0.25, 0.3) is 0 Å². The fourth-order valence-corrected chi connectivity index (χ4v) is 2.62. The first-order chi connectivity index (χ1) is 11.0. The molecule has 23 heavy (non-hydrogen) atoms. The molecule has 0 amide bonds. The summed E-state index contributed by atoms with van der Waals surface area (Å²) in [5, 5.41) is 20.1. The van der Waals surface area contributed by atoms with Gasteiger partial charge in [-0.15, -0.1) is 0 Å². The Bertz CT molecular complexity index is 662. The summed E-state index contributed by atoms with van der Waals surface area (Å²) in [6, 6.07) is 13.5. The molecule has 122 valence electrons. The highest BCUT2D eigenvalue weighted by Crippen LogP contribution is 2.31. The Kier molecular flexibility index (Phi) is 5.83. The van der Waals surface area contributed by atoms with Crippen LogP contribution in [0.5, 0.6) is 11.5 Å². The fourth-order valence-electron chi connectivity index (χ4n) is 2.62. The zero-order chi connectivity index (χ0) is 16.8. The van der Waals surface area contributed by atoms with Crippen molar-refractivity contribution in [2.75, 3.05) is 7.11 Å². The number of benzene rings is 2.